The lowest BCUT2D eigenvalue weighted by atomic mass is 10.1. The van der Waals surface area contributed by atoms with E-state index in [-0.39, 0.29) is 0 Å². The molecule has 2 heterocycles. The lowest BCUT2D eigenvalue weighted by Crippen LogP contribution is -1.92. The Balaban J connectivity index is 1.33. The van der Waals surface area contributed by atoms with Crippen LogP contribution in [0.5, 0.6) is 5.75 Å². The van der Waals surface area contributed by atoms with Crippen LogP contribution in [-0.2, 0) is 12.8 Å². The minimum atomic E-state index is 0.909. The molecule has 0 aliphatic heterocycles. The van der Waals surface area contributed by atoms with Crippen LogP contribution in [0.4, 0.5) is 0 Å². The van der Waals surface area contributed by atoms with E-state index in [1.54, 1.807) is 7.11 Å². The zero-order valence-electron chi connectivity index (χ0n) is 15.5. The van der Waals surface area contributed by atoms with Crippen molar-refractivity contribution < 1.29 is 4.74 Å². The number of hydrogen-bond donors (Lipinski definition) is 1. The van der Waals surface area contributed by atoms with Gasteiger partial charge in [-0.25, -0.2) is 4.98 Å². The number of aromatic amines is 1. The fourth-order valence-corrected chi connectivity index (χ4v) is 3.30. The van der Waals surface area contributed by atoms with Crippen molar-refractivity contribution in [3.05, 3.63) is 78.5 Å². The zero-order chi connectivity index (χ0) is 18.5. The summed E-state index contributed by atoms with van der Waals surface area (Å²) in [5.41, 5.74) is 3.58. The maximum atomic E-state index is 5.20. The highest BCUT2D eigenvalue weighted by atomic mass is 16.5. The van der Waals surface area contributed by atoms with Crippen LogP contribution in [0.25, 0.3) is 22.0 Å². The third-order valence-electron chi connectivity index (χ3n) is 4.87. The lowest BCUT2D eigenvalue weighted by molar-refractivity contribution is 0.414. The monoisotopic (exact) mass is 357 g/mol. The smallest absolute Gasteiger partial charge is 0.118 e. The van der Waals surface area contributed by atoms with Gasteiger partial charge in [0.05, 0.1) is 19.0 Å². The van der Waals surface area contributed by atoms with E-state index in [1.807, 2.05) is 36.8 Å². The van der Waals surface area contributed by atoms with Crippen LogP contribution in [-0.4, -0.2) is 22.1 Å². The molecule has 2 aromatic carbocycles. The molecule has 0 aliphatic rings. The van der Waals surface area contributed by atoms with Gasteiger partial charge >= 0.3 is 0 Å². The second-order valence-corrected chi connectivity index (χ2v) is 6.74. The number of nitrogens with zero attached hydrogens (tertiary/aromatic N) is 2. The van der Waals surface area contributed by atoms with Gasteiger partial charge in [-0.3, -0.25) is 4.98 Å². The van der Waals surface area contributed by atoms with Gasteiger partial charge in [0.15, 0.2) is 0 Å². The topological polar surface area (TPSA) is 50.8 Å². The first-order chi connectivity index (χ1) is 13.3. The first-order valence-corrected chi connectivity index (χ1v) is 9.33. The first-order valence-electron chi connectivity index (χ1n) is 9.33. The summed E-state index contributed by atoms with van der Waals surface area (Å²) in [4.78, 5) is 12.2. The second kappa shape index (κ2) is 8.04. The molecule has 0 atom stereocenters. The van der Waals surface area contributed by atoms with Crippen molar-refractivity contribution in [2.75, 3.05) is 7.11 Å². The average molecular weight is 357 g/mol. The van der Waals surface area contributed by atoms with Crippen molar-refractivity contribution in [2.45, 2.75) is 25.7 Å². The third kappa shape index (κ3) is 4.17. The highest BCUT2D eigenvalue weighted by Crippen LogP contribution is 2.23. The van der Waals surface area contributed by atoms with E-state index in [9.17, 15) is 0 Å². The van der Waals surface area contributed by atoms with Crippen molar-refractivity contribution in [3.8, 4) is 17.0 Å². The van der Waals surface area contributed by atoms with Crippen molar-refractivity contribution >= 4 is 10.8 Å². The molecule has 0 unspecified atom stereocenters. The summed E-state index contributed by atoms with van der Waals surface area (Å²) in [6.07, 6.45) is 9.95. The van der Waals surface area contributed by atoms with Crippen LogP contribution in [0.2, 0.25) is 0 Å². The van der Waals surface area contributed by atoms with E-state index in [0.717, 1.165) is 53.9 Å². The number of benzene rings is 2. The van der Waals surface area contributed by atoms with Crippen LogP contribution in [0, 0.1) is 0 Å². The summed E-state index contributed by atoms with van der Waals surface area (Å²) >= 11 is 0. The fourth-order valence-electron chi connectivity index (χ4n) is 3.30. The minimum absolute atomic E-state index is 0.909. The normalized spacial score (nSPS) is 11.0. The van der Waals surface area contributed by atoms with E-state index in [4.69, 9.17) is 4.74 Å². The Morgan fingerprint density at radius 2 is 1.74 bits per heavy atom. The van der Waals surface area contributed by atoms with Crippen molar-refractivity contribution in [3.63, 3.8) is 0 Å². The number of fused-ring (bicyclic) bond motifs is 1. The molecule has 0 fully saturated rings. The van der Waals surface area contributed by atoms with Gasteiger partial charge in [0.1, 0.15) is 11.6 Å². The summed E-state index contributed by atoms with van der Waals surface area (Å²) in [7, 11) is 1.70. The van der Waals surface area contributed by atoms with Crippen LogP contribution in [0.15, 0.2) is 67.1 Å². The number of aromatic nitrogens is 3. The van der Waals surface area contributed by atoms with Gasteiger partial charge in [-0.15, -0.1) is 0 Å². The molecule has 4 rings (SSSR count). The largest absolute Gasteiger partial charge is 0.497 e. The Hall–Kier alpha value is -3.14. The molecule has 27 heavy (non-hydrogen) atoms. The predicted molar refractivity (Wildman–Crippen MR) is 109 cm³/mol. The number of unbranched alkanes of at least 4 members (excludes halogenated alkanes) is 1. The Kier molecular flexibility index (Phi) is 5.15. The maximum absolute atomic E-state index is 5.20. The summed E-state index contributed by atoms with van der Waals surface area (Å²) in [6.45, 7) is 0. The molecule has 0 saturated heterocycles. The Bertz CT molecular complexity index is 1020. The van der Waals surface area contributed by atoms with Crippen LogP contribution < -0.4 is 4.74 Å². The molecule has 1 N–H and O–H groups in total. The fraction of sp³-hybridized carbons (Fsp3) is 0.217. The molecule has 0 bridgehead atoms. The molecule has 0 radical (unpaired) electrons. The summed E-state index contributed by atoms with van der Waals surface area (Å²) in [5, 5.41) is 2.35. The van der Waals surface area contributed by atoms with Crippen molar-refractivity contribution in [2.24, 2.45) is 0 Å². The summed E-state index contributed by atoms with van der Waals surface area (Å²) in [5.74, 6) is 1.96. The molecule has 0 aliphatic carbocycles. The SMILES string of the molecule is COc1ccc(CCCCc2ncc(-c3ccc4cnccc4c3)[nH]2)cc1. The van der Waals surface area contributed by atoms with E-state index >= 15 is 0 Å². The van der Waals surface area contributed by atoms with Gasteiger partial charge in [-0.2, -0.15) is 0 Å². The molecule has 0 saturated carbocycles. The molecule has 2 aromatic heterocycles. The predicted octanol–water partition coefficient (Wildman–Crippen LogP) is 5.20. The molecule has 4 aromatic rings. The van der Waals surface area contributed by atoms with Gasteiger partial charge in [0, 0.05) is 29.8 Å². The number of methoxy groups -OCH3 is 1. The Morgan fingerprint density at radius 3 is 2.59 bits per heavy atom. The standard InChI is InChI=1S/C23H23N3O/c1-27-21-10-6-17(7-11-21)4-2-3-5-23-25-16-22(26-23)19-8-9-20-15-24-13-12-18(20)14-19/h6-16H,2-5H2,1H3,(H,25,26). The highest BCUT2D eigenvalue weighted by Gasteiger charge is 2.05. The number of pyridine rings is 1. The molecule has 136 valence electrons. The Labute approximate surface area is 159 Å². The number of ether oxygens (including phenoxy) is 1. The van der Waals surface area contributed by atoms with E-state index in [2.05, 4.69) is 45.3 Å². The molecule has 0 spiro atoms. The van der Waals surface area contributed by atoms with Gasteiger partial charge in [-0.05, 0) is 54.5 Å². The number of imidazole rings is 1. The van der Waals surface area contributed by atoms with Crippen LogP contribution in [0.3, 0.4) is 0 Å². The lowest BCUT2D eigenvalue weighted by Gasteiger charge is -2.03. The number of rotatable bonds is 7. The van der Waals surface area contributed by atoms with E-state index in [1.165, 1.54) is 10.9 Å². The van der Waals surface area contributed by atoms with Crippen LogP contribution in [0.1, 0.15) is 24.2 Å². The van der Waals surface area contributed by atoms with Gasteiger partial charge < -0.3 is 9.72 Å². The van der Waals surface area contributed by atoms with E-state index < -0.39 is 0 Å². The highest BCUT2D eigenvalue weighted by molar-refractivity contribution is 5.85. The summed E-state index contributed by atoms with van der Waals surface area (Å²) < 4.78 is 5.20. The maximum Gasteiger partial charge on any atom is 0.118 e. The molecule has 4 heteroatoms. The summed E-state index contributed by atoms with van der Waals surface area (Å²) in [6, 6.07) is 16.8. The quantitative estimate of drug-likeness (QED) is 0.463. The number of H-pyrrole nitrogens is 1. The second-order valence-electron chi connectivity index (χ2n) is 6.74. The number of nitrogens with one attached hydrogen (secondary N) is 1. The average Bonchev–Trinajstić information content (AvgIpc) is 3.20. The van der Waals surface area contributed by atoms with Gasteiger partial charge in [0.25, 0.3) is 0 Å². The van der Waals surface area contributed by atoms with Gasteiger partial charge in [-0.1, -0.05) is 24.3 Å². The van der Waals surface area contributed by atoms with Crippen molar-refractivity contribution in [1.29, 1.82) is 0 Å². The number of aryl methyl sites for hydroxylation is 2. The molecular weight excluding hydrogens is 334 g/mol. The Morgan fingerprint density at radius 1 is 0.889 bits per heavy atom. The third-order valence-corrected chi connectivity index (χ3v) is 4.87. The van der Waals surface area contributed by atoms with E-state index in [0.29, 0.717) is 0 Å². The van der Waals surface area contributed by atoms with Crippen molar-refractivity contribution in [1.82, 2.24) is 15.0 Å². The first kappa shape index (κ1) is 17.3. The van der Waals surface area contributed by atoms with Crippen LogP contribution >= 0.6 is 0 Å². The molecule has 4 nitrogen and oxygen atoms in total. The molecule has 0 amide bonds. The van der Waals surface area contributed by atoms with Gasteiger partial charge in [0.2, 0.25) is 0 Å². The molecular formula is C23H23N3O. The number of hydrogen-bond acceptors (Lipinski definition) is 3. The minimum Gasteiger partial charge on any atom is -0.497 e. The zero-order valence-corrected chi connectivity index (χ0v) is 15.5.